The van der Waals surface area contributed by atoms with Crippen LogP contribution in [0.3, 0.4) is 0 Å². The Morgan fingerprint density at radius 1 is 1.26 bits per heavy atom. The van der Waals surface area contributed by atoms with Gasteiger partial charge < -0.3 is 14.8 Å². The molecular formula is C22H23ClN4O3S. The van der Waals surface area contributed by atoms with Crippen LogP contribution in [-0.2, 0) is 17.9 Å². The molecule has 0 fully saturated rings. The number of benzene rings is 2. The van der Waals surface area contributed by atoms with E-state index in [4.69, 9.17) is 21.1 Å². The first-order chi connectivity index (χ1) is 15.0. The summed E-state index contributed by atoms with van der Waals surface area (Å²) in [7, 11) is 1.57. The largest absolute Gasteiger partial charge is 0.495 e. The smallest absolute Gasteiger partial charge is 0.234 e. The van der Waals surface area contributed by atoms with Gasteiger partial charge in [-0.25, -0.2) is 0 Å². The molecule has 3 aromatic rings. The van der Waals surface area contributed by atoms with Gasteiger partial charge in [-0.3, -0.25) is 9.36 Å². The van der Waals surface area contributed by atoms with Crippen LogP contribution in [-0.4, -0.2) is 33.5 Å². The summed E-state index contributed by atoms with van der Waals surface area (Å²) in [6, 6.07) is 12.7. The average Bonchev–Trinajstić information content (AvgIpc) is 3.14. The molecule has 1 amide bonds. The number of methoxy groups -OCH3 is 1. The maximum atomic E-state index is 12.5. The van der Waals surface area contributed by atoms with Gasteiger partial charge in [0, 0.05) is 11.6 Å². The molecule has 0 bridgehead atoms. The number of thioether (sulfide) groups is 1. The number of halogens is 1. The van der Waals surface area contributed by atoms with Crippen LogP contribution >= 0.6 is 23.4 Å². The van der Waals surface area contributed by atoms with Crippen molar-refractivity contribution in [3.63, 3.8) is 0 Å². The maximum absolute atomic E-state index is 12.5. The van der Waals surface area contributed by atoms with Crippen molar-refractivity contribution in [2.75, 3.05) is 18.2 Å². The van der Waals surface area contributed by atoms with Crippen LogP contribution in [0.15, 0.2) is 60.3 Å². The second-order valence-corrected chi connectivity index (χ2v) is 7.96. The molecule has 1 heterocycles. The molecular weight excluding hydrogens is 436 g/mol. The van der Waals surface area contributed by atoms with Crippen LogP contribution in [0, 0.1) is 6.92 Å². The van der Waals surface area contributed by atoms with E-state index in [1.54, 1.807) is 37.5 Å². The highest BCUT2D eigenvalue weighted by atomic mass is 35.5. The molecule has 1 aromatic heterocycles. The topological polar surface area (TPSA) is 78.3 Å². The summed E-state index contributed by atoms with van der Waals surface area (Å²) in [6.07, 6.45) is 1.75. The number of hydrogen-bond donors (Lipinski definition) is 1. The lowest BCUT2D eigenvalue weighted by Crippen LogP contribution is -2.15. The Bertz CT molecular complexity index is 1050. The summed E-state index contributed by atoms with van der Waals surface area (Å²) < 4.78 is 12.9. The maximum Gasteiger partial charge on any atom is 0.234 e. The third-order valence-electron chi connectivity index (χ3n) is 4.25. The fourth-order valence-corrected chi connectivity index (χ4v) is 3.65. The van der Waals surface area contributed by atoms with Crippen molar-refractivity contribution in [3.05, 3.63) is 71.5 Å². The van der Waals surface area contributed by atoms with Crippen molar-refractivity contribution in [3.8, 4) is 11.5 Å². The molecule has 1 N–H and O–H groups in total. The predicted octanol–water partition coefficient (Wildman–Crippen LogP) is 4.74. The number of anilines is 1. The van der Waals surface area contributed by atoms with Gasteiger partial charge in [0.2, 0.25) is 5.91 Å². The van der Waals surface area contributed by atoms with E-state index in [1.807, 2.05) is 29.7 Å². The Labute approximate surface area is 190 Å². The van der Waals surface area contributed by atoms with Gasteiger partial charge in [0.05, 0.1) is 18.6 Å². The van der Waals surface area contributed by atoms with E-state index in [0.29, 0.717) is 39.7 Å². The first-order valence-electron chi connectivity index (χ1n) is 9.48. The standard InChI is InChI=1S/C22H23ClN4O3S/c1-4-11-27-20(13-30-17-8-6-16(23)7-9-17)25-26-22(27)31-14-21(28)24-18-12-15(2)5-10-19(18)29-3/h4-10,12H,1,11,13-14H2,2-3H3,(H,24,28). The Kier molecular flexibility index (Phi) is 7.97. The lowest BCUT2D eigenvalue weighted by Gasteiger charge is -2.11. The first-order valence-corrected chi connectivity index (χ1v) is 10.8. The number of hydrogen-bond acceptors (Lipinski definition) is 6. The van der Waals surface area contributed by atoms with Gasteiger partial charge in [-0.05, 0) is 48.9 Å². The van der Waals surface area contributed by atoms with Gasteiger partial charge in [0.15, 0.2) is 11.0 Å². The minimum Gasteiger partial charge on any atom is -0.495 e. The van der Waals surface area contributed by atoms with Gasteiger partial charge in [-0.15, -0.1) is 16.8 Å². The molecule has 0 saturated heterocycles. The molecule has 31 heavy (non-hydrogen) atoms. The summed E-state index contributed by atoms with van der Waals surface area (Å²) in [5.41, 5.74) is 1.66. The zero-order valence-electron chi connectivity index (χ0n) is 17.3. The van der Waals surface area contributed by atoms with E-state index in [9.17, 15) is 4.79 Å². The van der Waals surface area contributed by atoms with Crippen LogP contribution in [0.4, 0.5) is 5.69 Å². The minimum absolute atomic E-state index is 0.166. The molecule has 0 saturated carbocycles. The summed E-state index contributed by atoms with van der Waals surface area (Å²) in [6.45, 7) is 6.48. The second kappa shape index (κ2) is 10.9. The summed E-state index contributed by atoms with van der Waals surface area (Å²) in [5.74, 6) is 1.93. The van der Waals surface area contributed by atoms with Crippen molar-refractivity contribution in [2.24, 2.45) is 0 Å². The van der Waals surface area contributed by atoms with Crippen molar-refractivity contribution in [1.82, 2.24) is 14.8 Å². The van der Waals surface area contributed by atoms with Crippen molar-refractivity contribution in [1.29, 1.82) is 0 Å². The van der Waals surface area contributed by atoms with Gasteiger partial charge in [-0.1, -0.05) is 35.5 Å². The van der Waals surface area contributed by atoms with Crippen LogP contribution in [0.2, 0.25) is 5.02 Å². The molecule has 0 atom stereocenters. The Morgan fingerprint density at radius 2 is 2.03 bits per heavy atom. The Hall–Kier alpha value is -2.97. The third kappa shape index (κ3) is 6.26. The number of nitrogens with one attached hydrogen (secondary N) is 1. The SMILES string of the molecule is C=CCn1c(COc2ccc(Cl)cc2)nnc1SCC(=O)Nc1cc(C)ccc1OC. The molecule has 0 aliphatic heterocycles. The number of carbonyl (C=O) groups is 1. The number of aryl methyl sites for hydroxylation is 1. The fraction of sp³-hybridized carbons (Fsp3) is 0.227. The van der Waals surface area contributed by atoms with Crippen molar-refractivity contribution in [2.45, 2.75) is 25.2 Å². The molecule has 7 nitrogen and oxygen atoms in total. The number of carbonyl (C=O) groups excluding carboxylic acids is 1. The van der Waals surface area contributed by atoms with E-state index in [2.05, 4.69) is 22.1 Å². The van der Waals surface area contributed by atoms with Gasteiger partial charge >= 0.3 is 0 Å². The molecule has 0 spiro atoms. The minimum atomic E-state index is -0.166. The van der Waals surface area contributed by atoms with Crippen LogP contribution in [0.1, 0.15) is 11.4 Å². The monoisotopic (exact) mass is 458 g/mol. The number of aromatic nitrogens is 3. The zero-order chi connectivity index (χ0) is 22.2. The highest BCUT2D eigenvalue weighted by molar-refractivity contribution is 7.99. The fourth-order valence-electron chi connectivity index (χ4n) is 2.76. The molecule has 3 rings (SSSR count). The van der Waals surface area contributed by atoms with E-state index in [0.717, 1.165) is 5.56 Å². The number of ether oxygens (including phenoxy) is 2. The predicted molar refractivity (Wildman–Crippen MR) is 123 cm³/mol. The van der Waals surface area contributed by atoms with Crippen molar-refractivity contribution >= 4 is 35.0 Å². The lowest BCUT2D eigenvalue weighted by molar-refractivity contribution is -0.113. The molecule has 2 aromatic carbocycles. The Balaban J connectivity index is 1.63. The molecule has 9 heteroatoms. The number of nitrogens with zero attached hydrogens (tertiary/aromatic N) is 3. The van der Waals surface area contributed by atoms with Crippen LogP contribution < -0.4 is 14.8 Å². The summed E-state index contributed by atoms with van der Waals surface area (Å²) >= 11 is 7.19. The summed E-state index contributed by atoms with van der Waals surface area (Å²) in [5, 5.41) is 12.6. The first kappa shape index (κ1) is 22.7. The van der Waals surface area contributed by atoms with E-state index in [-0.39, 0.29) is 18.3 Å². The molecule has 0 radical (unpaired) electrons. The van der Waals surface area contributed by atoms with E-state index >= 15 is 0 Å². The lowest BCUT2D eigenvalue weighted by atomic mass is 10.2. The molecule has 162 valence electrons. The number of amides is 1. The normalized spacial score (nSPS) is 10.5. The Morgan fingerprint density at radius 3 is 2.74 bits per heavy atom. The quantitative estimate of drug-likeness (QED) is 0.349. The van der Waals surface area contributed by atoms with Gasteiger partial charge in [0.25, 0.3) is 0 Å². The van der Waals surface area contributed by atoms with E-state index < -0.39 is 0 Å². The van der Waals surface area contributed by atoms with Gasteiger partial charge in [0.1, 0.15) is 18.1 Å². The highest BCUT2D eigenvalue weighted by Crippen LogP contribution is 2.26. The van der Waals surface area contributed by atoms with E-state index in [1.165, 1.54) is 11.8 Å². The van der Waals surface area contributed by atoms with Crippen LogP contribution in [0.25, 0.3) is 0 Å². The molecule has 0 aliphatic carbocycles. The van der Waals surface area contributed by atoms with Crippen molar-refractivity contribution < 1.29 is 14.3 Å². The number of allylic oxidation sites excluding steroid dienone is 1. The molecule has 0 unspecified atom stereocenters. The summed E-state index contributed by atoms with van der Waals surface area (Å²) in [4.78, 5) is 12.5. The molecule has 0 aliphatic rings. The number of rotatable bonds is 10. The highest BCUT2D eigenvalue weighted by Gasteiger charge is 2.15. The second-order valence-electron chi connectivity index (χ2n) is 6.58. The van der Waals surface area contributed by atoms with Crippen LogP contribution in [0.5, 0.6) is 11.5 Å². The third-order valence-corrected chi connectivity index (χ3v) is 5.47. The zero-order valence-corrected chi connectivity index (χ0v) is 18.9. The average molecular weight is 459 g/mol. The van der Waals surface area contributed by atoms with Gasteiger partial charge in [-0.2, -0.15) is 0 Å².